The van der Waals surface area contributed by atoms with Crippen molar-refractivity contribution in [2.75, 3.05) is 0 Å². The fraction of sp³-hybridized carbons (Fsp3) is 0. The molecule has 0 atom stereocenters. The third-order valence-corrected chi connectivity index (χ3v) is 4.27. The Morgan fingerprint density at radius 3 is 2.57 bits per heavy atom. The lowest BCUT2D eigenvalue weighted by Crippen LogP contribution is -3.00. The molecule has 0 fully saturated rings. The molecule has 0 saturated heterocycles. The molecular weight excluding hydrogens is 402 g/mol. The molecule has 0 bridgehead atoms. The lowest BCUT2D eigenvalue weighted by molar-refractivity contribution is -0.479. The molecule has 2 aromatic carbocycles. The van der Waals surface area contributed by atoms with E-state index in [1.165, 1.54) is 17.0 Å². The van der Waals surface area contributed by atoms with Gasteiger partial charge >= 0.3 is 0 Å². The minimum Gasteiger partial charge on any atom is -1.00 e. The fourth-order valence-corrected chi connectivity index (χ4v) is 3.27. The van der Waals surface area contributed by atoms with Crippen molar-refractivity contribution in [1.82, 2.24) is 4.40 Å². The number of nitrogens with zero attached hydrogens (tertiary/aromatic N) is 2. The monoisotopic (exact) mass is 414 g/mol. The summed E-state index contributed by atoms with van der Waals surface area (Å²) in [7, 11) is 0. The minimum atomic E-state index is -0.207. The van der Waals surface area contributed by atoms with Crippen LogP contribution in [0.5, 0.6) is 0 Å². The van der Waals surface area contributed by atoms with E-state index in [0.717, 1.165) is 22.1 Å². The van der Waals surface area contributed by atoms with Gasteiger partial charge in [0.25, 0.3) is 5.65 Å². The predicted octanol–water partition coefficient (Wildman–Crippen LogP) is 1.13. The van der Waals surface area contributed by atoms with Crippen molar-refractivity contribution in [1.29, 1.82) is 0 Å². The first-order chi connectivity index (χ1) is 10.8. The third kappa shape index (κ3) is 2.01. The molecule has 0 aliphatic rings. The molecule has 0 amide bonds. The van der Waals surface area contributed by atoms with Gasteiger partial charge in [-0.3, -0.25) is 0 Å². The highest BCUT2D eigenvalue weighted by Gasteiger charge is 2.16. The van der Waals surface area contributed by atoms with Gasteiger partial charge in [0.1, 0.15) is 23.0 Å². The van der Waals surface area contributed by atoms with Crippen LogP contribution in [0, 0.1) is 5.82 Å². The second-order valence-electron chi connectivity index (χ2n) is 5.55. The highest BCUT2D eigenvalue weighted by atomic mass is 127. The van der Waals surface area contributed by atoms with Crippen LogP contribution in [0.15, 0.2) is 72.9 Å². The van der Waals surface area contributed by atoms with E-state index in [1.807, 2.05) is 24.3 Å². The van der Waals surface area contributed by atoms with Crippen LogP contribution in [0.4, 0.5) is 4.39 Å². The molecule has 0 saturated carbocycles. The van der Waals surface area contributed by atoms with E-state index in [-0.39, 0.29) is 29.8 Å². The van der Waals surface area contributed by atoms with Gasteiger partial charge < -0.3 is 24.0 Å². The van der Waals surface area contributed by atoms with Crippen LogP contribution in [0.3, 0.4) is 0 Å². The van der Waals surface area contributed by atoms with Crippen LogP contribution in [-0.2, 0) is 0 Å². The molecule has 2 nitrogen and oxygen atoms in total. The number of pyridine rings is 2. The fourth-order valence-electron chi connectivity index (χ4n) is 3.27. The molecular formula is C19H12FIN2. The molecule has 112 valence electrons. The molecule has 4 heteroatoms. The van der Waals surface area contributed by atoms with Crippen LogP contribution in [0.25, 0.3) is 33.0 Å². The van der Waals surface area contributed by atoms with Crippen molar-refractivity contribution >= 4 is 33.0 Å². The van der Waals surface area contributed by atoms with Gasteiger partial charge in [0.05, 0.1) is 0 Å². The summed E-state index contributed by atoms with van der Waals surface area (Å²) in [5.41, 5.74) is 4.37. The van der Waals surface area contributed by atoms with Crippen LogP contribution >= 0.6 is 0 Å². The van der Waals surface area contributed by atoms with Crippen molar-refractivity contribution in [2.24, 2.45) is 0 Å². The largest absolute Gasteiger partial charge is 1.00 e. The molecule has 5 rings (SSSR count). The second-order valence-corrected chi connectivity index (χ2v) is 5.55. The van der Waals surface area contributed by atoms with Gasteiger partial charge in [-0.25, -0.2) is 4.39 Å². The zero-order valence-electron chi connectivity index (χ0n) is 12.1. The highest BCUT2D eigenvalue weighted by molar-refractivity contribution is 5.85. The Balaban J connectivity index is 0.00000135. The van der Waals surface area contributed by atoms with Gasteiger partial charge in [-0.05, 0) is 42.5 Å². The Morgan fingerprint density at radius 1 is 0.826 bits per heavy atom. The summed E-state index contributed by atoms with van der Waals surface area (Å²) in [5, 5.41) is 2.10. The summed E-state index contributed by atoms with van der Waals surface area (Å²) in [6.45, 7) is 0. The van der Waals surface area contributed by atoms with E-state index in [0.29, 0.717) is 0 Å². The molecule has 0 aliphatic carbocycles. The second kappa shape index (κ2) is 5.16. The summed E-state index contributed by atoms with van der Waals surface area (Å²) in [6.07, 6.45) is 2.10. The smallest absolute Gasteiger partial charge is 0.292 e. The van der Waals surface area contributed by atoms with Gasteiger partial charge in [0, 0.05) is 16.8 Å². The average Bonchev–Trinajstić information content (AvgIpc) is 2.93. The Labute approximate surface area is 148 Å². The summed E-state index contributed by atoms with van der Waals surface area (Å²) in [5.74, 6) is -0.207. The summed E-state index contributed by atoms with van der Waals surface area (Å²) >= 11 is 0. The van der Waals surface area contributed by atoms with E-state index >= 15 is 0 Å². The van der Waals surface area contributed by atoms with E-state index in [2.05, 4.69) is 45.3 Å². The predicted molar refractivity (Wildman–Crippen MR) is 85.5 cm³/mol. The minimum absolute atomic E-state index is 0. The topological polar surface area (TPSA) is 8.51 Å². The zero-order chi connectivity index (χ0) is 14.7. The van der Waals surface area contributed by atoms with Gasteiger partial charge in [0.15, 0.2) is 5.52 Å². The normalized spacial score (nSPS) is 11.3. The average molecular weight is 414 g/mol. The number of hydrogen-bond acceptors (Lipinski definition) is 0. The van der Waals surface area contributed by atoms with Gasteiger partial charge in [-0.1, -0.05) is 18.2 Å². The molecule has 3 heterocycles. The number of imidazole rings is 1. The maximum atomic E-state index is 13.4. The summed E-state index contributed by atoms with van der Waals surface area (Å²) in [4.78, 5) is 0. The quantitative estimate of drug-likeness (QED) is 0.265. The van der Waals surface area contributed by atoms with Crippen LogP contribution in [0.1, 0.15) is 0 Å². The van der Waals surface area contributed by atoms with Gasteiger partial charge in [-0.2, -0.15) is 8.80 Å². The number of hydrogen-bond donors (Lipinski definition) is 0. The number of rotatable bonds is 0. The summed E-state index contributed by atoms with van der Waals surface area (Å²) < 4.78 is 17.8. The number of fused-ring (bicyclic) bond motifs is 7. The van der Waals surface area contributed by atoms with E-state index in [1.54, 1.807) is 6.07 Å². The number of para-hydroxylation sites is 1. The lowest BCUT2D eigenvalue weighted by atomic mass is 10.2. The molecule has 3 aromatic heterocycles. The molecule has 5 aromatic rings. The van der Waals surface area contributed by atoms with Crippen molar-refractivity contribution in [3.05, 3.63) is 78.7 Å². The van der Waals surface area contributed by atoms with Crippen LogP contribution < -0.4 is 28.4 Å². The number of aromatic nitrogens is 2. The maximum absolute atomic E-state index is 13.4. The van der Waals surface area contributed by atoms with E-state index < -0.39 is 0 Å². The Kier molecular flexibility index (Phi) is 3.23. The van der Waals surface area contributed by atoms with Crippen LogP contribution in [-0.4, -0.2) is 4.40 Å². The standard InChI is InChI=1S/C19H12FN2.HI/c20-15-7-9-17-14(11-15)6-10-19-21(17)12-16-8-5-13-3-1-2-4-18(13)22(16)19;/h1-12H;1H/q+1;/p-1. The van der Waals surface area contributed by atoms with Gasteiger partial charge in [-0.15, -0.1) is 0 Å². The maximum Gasteiger partial charge on any atom is 0.292 e. The Bertz CT molecular complexity index is 1190. The first kappa shape index (κ1) is 14.4. The molecule has 23 heavy (non-hydrogen) atoms. The van der Waals surface area contributed by atoms with Crippen molar-refractivity contribution in [3.8, 4) is 0 Å². The van der Waals surface area contributed by atoms with Crippen molar-refractivity contribution in [2.45, 2.75) is 0 Å². The zero-order valence-corrected chi connectivity index (χ0v) is 14.2. The Morgan fingerprint density at radius 2 is 1.65 bits per heavy atom. The Hall–Kier alpha value is -2.21. The lowest BCUT2D eigenvalue weighted by Gasteiger charge is -1.98. The highest BCUT2D eigenvalue weighted by Crippen LogP contribution is 2.21. The molecule has 0 N–H and O–H groups in total. The molecule has 0 radical (unpaired) electrons. The van der Waals surface area contributed by atoms with Crippen molar-refractivity contribution < 1.29 is 32.8 Å². The molecule has 0 aliphatic heterocycles. The number of benzene rings is 2. The van der Waals surface area contributed by atoms with Gasteiger partial charge in [0.2, 0.25) is 0 Å². The first-order valence-electron chi connectivity index (χ1n) is 7.24. The number of halogens is 2. The van der Waals surface area contributed by atoms with E-state index in [9.17, 15) is 4.39 Å². The van der Waals surface area contributed by atoms with E-state index in [4.69, 9.17) is 0 Å². The molecule has 0 spiro atoms. The van der Waals surface area contributed by atoms with Crippen molar-refractivity contribution in [3.63, 3.8) is 0 Å². The van der Waals surface area contributed by atoms with Crippen LogP contribution in [0.2, 0.25) is 0 Å². The summed E-state index contributed by atoms with van der Waals surface area (Å²) in [6, 6.07) is 21.5. The molecule has 0 unspecified atom stereocenters. The first-order valence-corrected chi connectivity index (χ1v) is 7.24. The SMILES string of the molecule is Fc1ccc2c(ccc3n4c(ccc5ccccc54)c[n+]23)c1.[I-]. The third-order valence-electron chi connectivity index (χ3n) is 4.27.